The van der Waals surface area contributed by atoms with Crippen LogP contribution in [-0.4, -0.2) is 26.0 Å². The van der Waals surface area contributed by atoms with Gasteiger partial charge in [-0.25, -0.2) is 4.79 Å². The Morgan fingerprint density at radius 1 is 0.759 bits per heavy atom. The molecule has 3 rings (SSSR count). The van der Waals surface area contributed by atoms with Gasteiger partial charge in [-0.15, -0.1) is 0 Å². The second-order valence-electron chi connectivity index (χ2n) is 6.06. The molecule has 0 unspecified atom stereocenters. The first kappa shape index (κ1) is 19.9. The van der Waals surface area contributed by atoms with Crippen molar-refractivity contribution in [2.24, 2.45) is 0 Å². The van der Waals surface area contributed by atoms with E-state index in [2.05, 4.69) is 0 Å². The molecule has 0 fully saturated rings. The second-order valence-corrected chi connectivity index (χ2v) is 6.06. The summed E-state index contributed by atoms with van der Waals surface area (Å²) in [6.45, 7) is 0. The third-order valence-electron chi connectivity index (χ3n) is 4.21. The van der Waals surface area contributed by atoms with Crippen LogP contribution < -0.4 is 14.2 Å². The highest BCUT2D eigenvalue weighted by Crippen LogP contribution is 2.29. The minimum Gasteiger partial charge on any atom is -0.496 e. The molecule has 0 spiro atoms. The van der Waals surface area contributed by atoms with Crippen molar-refractivity contribution in [1.82, 2.24) is 0 Å². The lowest BCUT2D eigenvalue weighted by atomic mass is 10.1. The number of rotatable bonds is 7. The van der Waals surface area contributed by atoms with E-state index in [4.69, 9.17) is 14.2 Å². The fraction of sp³-hybridized carbons (Fsp3) is 0.0833. The minimum atomic E-state index is -0.609. The first-order valence-corrected chi connectivity index (χ1v) is 8.93. The molecule has 0 radical (unpaired) electrons. The predicted octanol–water partition coefficient (Wildman–Crippen LogP) is 4.82. The van der Waals surface area contributed by atoms with Crippen molar-refractivity contribution in [3.05, 3.63) is 95.6 Å². The molecule has 5 heteroatoms. The summed E-state index contributed by atoms with van der Waals surface area (Å²) in [6, 6.07) is 21.0. The van der Waals surface area contributed by atoms with Gasteiger partial charge in [-0.2, -0.15) is 0 Å². The first-order chi connectivity index (χ1) is 14.1. The summed E-state index contributed by atoms with van der Waals surface area (Å²) in [5.74, 6) is 0.270. The minimum absolute atomic E-state index is 0.141. The quantitative estimate of drug-likeness (QED) is 0.251. The molecule has 0 amide bonds. The van der Waals surface area contributed by atoms with Crippen molar-refractivity contribution in [2.45, 2.75) is 0 Å². The summed E-state index contributed by atoms with van der Waals surface area (Å²) < 4.78 is 15.9. The Labute approximate surface area is 169 Å². The molecule has 3 aromatic rings. The van der Waals surface area contributed by atoms with Crippen LogP contribution in [-0.2, 0) is 0 Å². The molecule has 0 N–H and O–H groups in total. The topological polar surface area (TPSA) is 61.8 Å². The van der Waals surface area contributed by atoms with Gasteiger partial charge in [0.25, 0.3) is 0 Å². The van der Waals surface area contributed by atoms with E-state index in [0.717, 1.165) is 5.56 Å². The normalized spacial score (nSPS) is 10.6. The van der Waals surface area contributed by atoms with E-state index < -0.39 is 5.97 Å². The maximum absolute atomic E-state index is 12.6. The van der Waals surface area contributed by atoms with Gasteiger partial charge < -0.3 is 14.2 Å². The van der Waals surface area contributed by atoms with Crippen LogP contribution in [0.3, 0.4) is 0 Å². The lowest BCUT2D eigenvalue weighted by Crippen LogP contribution is -2.12. The third-order valence-corrected chi connectivity index (χ3v) is 4.21. The number of benzene rings is 3. The van der Waals surface area contributed by atoms with Gasteiger partial charge in [0.15, 0.2) is 5.78 Å². The first-order valence-electron chi connectivity index (χ1n) is 8.93. The summed E-state index contributed by atoms with van der Waals surface area (Å²) in [5.41, 5.74) is 1.63. The Morgan fingerprint density at radius 2 is 1.38 bits per heavy atom. The van der Waals surface area contributed by atoms with E-state index in [1.807, 2.05) is 30.3 Å². The number of methoxy groups -OCH3 is 2. The summed E-state index contributed by atoms with van der Waals surface area (Å²) in [7, 11) is 2.93. The molecule has 0 aliphatic carbocycles. The summed E-state index contributed by atoms with van der Waals surface area (Å²) in [5, 5.41) is 0. The number of ketones is 1. The lowest BCUT2D eigenvalue weighted by Gasteiger charge is -2.12. The maximum Gasteiger partial charge on any atom is 0.351 e. The van der Waals surface area contributed by atoms with Crippen LogP contribution in [0.15, 0.2) is 78.9 Å². The predicted molar refractivity (Wildman–Crippen MR) is 111 cm³/mol. The zero-order chi connectivity index (χ0) is 20.6. The van der Waals surface area contributed by atoms with Gasteiger partial charge in [0.1, 0.15) is 22.8 Å². The average Bonchev–Trinajstić information content (AvgIpc) is 2.77. The van der Waals surface area contributed by atoms with Crippen LogP contribution in [0.25, 0.3) is 6.08 Å². The zero-order valence-corrected chi connectivity index (χ0v) is 16.1. The fourth-order valence-electron chi connectivity index (χ4n) is 2.73. The van der Waals surface area contributed by atoms with Gasteiger partial charge in [0.05, 0.1) is 14.2 Å². The van der Waals surface area contributed by atoms with Crippen LogP contribution in [0.5, 0.6) is 17.2 Å². The van der Waals surface area contributed by atoms with Crippen molar-refractivity contribution < 1.29 is 23.8 Å². The van der Waals surface area contributed by atoms with Crippen molar-refractivity contribution in [3.63, 3.8) is 0 Å². The zero-order valence-electron chi connectivity index (χ0n) is 16.1. The molecule has 0 atom stereocenters. The molecule has 0 saturated carbocycles. The molecule has 0 aromatic heterocycles. The van der Waals surface area contributed by atoms with E-state index >= 15 is 0 Å². The Bertz CT molecular complexity index is 999. The molecule has 0 aliphatic rings. The lowest BCUT2D eigenvalue weighted by molar-refractivity contribution is 0.0727. The van der Waals surface area contributed by atoms with Gasteiger partial charge >= 0.3 is 5.97 Å². The number of carbonyl (C=O) groups excluding carboxylic acids is 2. The highest BCUT2D eigenvalue weighted by molar-refractivity contribution is 6.07. The van der Waals surface area contributed by atoms with Crippen LogP contribution in [0.1, 0.15) is 26.3 Å². The van der Waals surface area contributed by atoms with E-state index in [1.54, 1.807) is 48.5 Å². The van der Waals surface area contributed by atoms with Crippen molar-refractivity contribution in [1.29, 1.82) is 0 Å². The Balaban J connectivity index is 1.72. The fourth-order valence-corrected chi connectivity index (χ4v) is 2.73. The molecule has 0 saturated heterocycles. The second kappa shape index (κ2) is 9.37. The highest BCUT2D eigenvalue weighted by atomic mass is 16.5. The maximum atomic E-state index is 12.6. The number of hydrogen-bond donors (Lipinski definition) is 0. The van der Waals surface area contributed by atoms with Crippen molar-refractivity contribution in [2.75, 3.05) is 14.2 Å². The van der Waals surface area contributed by atoms with Gasteiger partial charge in [-0.05, 0) is 48.0 Å². The molecule has 0 heterocycles. The molecule has 146 valence electrons. The van der Waals surface area contributed by atoms with E-state index in [9.17, 15) is 9.59 Å². The number of allylic oxidation sites excluding steroid dienone is 1. The van der Waals surface area contributed by atoms with E-state index in [-0.39, 0.29) is 11.3 Å². The summed E-state index contributed by atoms with van der Waals surface area (Å²) >= 11 is 0. The van der Waals surface area contributed by atoms with Crippen LogP contribution in [0.2, 0.25) is 0 Å². The van der Waals surface area contributed by atoms with Crippen molar-refractivity contribution >= 4 is 17.8 Å². The molecule has 0 aliphatic heterocycles. The van der Waals surface area contributed by atoms with Gasteiger partial charge in [-0.1, -0.05) is 42.5 Å². The van der Waals surface area contributed by atoms with Gasteiger partial charge in [-0.3, -0.25) is 4.79 Å². The van der Waals surface area contributed by atoms with Gasteiger partial charge in [0, 0.05) is 5.56 Å². The highest BCUT2D eigenvalue weighted by Gasteiger charge is 2.20. The van der Waals surface area contributed by atoms with Gasteiger partial charge in [0.2, 0.25) is 0 Å². The van der Waals surface area contributed by atoms with E-state index in [0.29, 0.717) is 22.8 Å². The molecule has 29 heavy (non-hydrogen) atoms. The largest absolute Gasteiger partial charge is 0.496 e. The number of hydrogen-bond acceptors (Lipinski definition) is 5. The number of carbonyl (C=O) groups is 2. The average molecular weight is 388 g/mol. The number of esters is 1. The smallest absolute Gasteiger partial charge is 0.351 e. The molecular formula is C24H20O5. The Hall–Kier alpha value is -3.86. The van der Waals surface area contributed by atoms with E-state index in [1.165, 1.54) is 20.3 Å². The molecule has 5 nitrogen and oxygen atoms in total. The third kappa shape index (κ3) is 4.90. The van der Waals surface area contributed by atoms with Crippen LogP contribution in [0.4, 0.5) is 0 Å². The van der Waals surface area contributed by atoms with Crippen molar-refractivity contribution in [3.8, 4) is 17.2 Å². The number of ether oxygens (including phenoxy) is 3. The molecule has 0 bridgehead atoms. The molecular weight excluding hydrogens is 368 g/mol. The molecule has 3 aromatic carbocycles. The SMILES string of the molecule is COc1cccc(OC)c1C(=O)Oc1ccc(C(=O)/C=C/c2ccccc2)cc1. The summed E-state index contributed by atoms with van der Waals surface area (Å²) in [4.78, 5) is 24.9. The van der Waals surface area contributed by atoms with Crippen LogP contribution >= 0.6 is 0 Å². The van der Waals surface area contributed by atoms with Crippen LogP contribution in [0, 0.1) is 0 Å². The Kier molecular flexibility index (Phi) is 6.43. The Morgan fingerprint density at radius 3 is 1.97 bits per heavy atom. The standard InChI is InChI=1S/C24H20O5/c1-27-21-9-6-10-22(28-2)23(21)24(26)29-19-14-12-18(13-15-19)20(25)16-11-17-7-4-3-5-8-17/h3-16H,1-2H3/b16-11+. The monoisotopic (exact) mass is 388 g/mol. The summed E-state index contributed by atoms with van der Waals surface area (Å²) in [6.07, 6.45) is 3.26.